The summed E-state index contributed by atoms with van der Waals surface area (Å²) in [4.78, 5) is 5.59. The lowest BCUT2D eigenvalue weighted by Crippen LogP contribution is -2.65. The van der Waals surface area contributed by atoms with Crippen LogP contribution in [0.5, 0.6) is 0 Å². The maximum Gasteiger partial charge on any atom is 0.0991 e. The highest BCUT2D eigenvalue weighted by atomic mass is 16.3. The van der Waals surface area contributed by atoms with Crippen LogP contribution in [-0.2, 0) is 0 Å². The minimum Gasteiger partial charge on any atom is -0.384 e. The molecule has 0 aromatic heterocycles. The van der Waals surface area contributed by atoms with Gasteiger partial charge in [-0.05, 0) is 83.3 Å². The fourth-order valence-corrected chi connectivity index (χ4v) is 7.55. The van der Waals surface area contributed by atoms with E-state index in [0.29, 0.717) is 18.0 Å². The van der Waals surface area contributed by atoms with Gasteiger partial charge in [-0.15, -0.1) is 0 Å². The summed E-state index contributed by atoms with van der Waals surface area (Å²) >= 11 is 0. The van der Waals surface area contributed by atoms with E-state index in [0.717, 1.165) is 12.8 Å². The SMILES string of the molecule is O[C@]12C=C[C@@H]3CCN(CCCC/C=C\CC1)C[C@@]31C[C@@H]3CCCCCCN3[C@H]12. The number of aliphatic hydroxyl groups is 1. The van der Waals surface area contributed by atoms with Gasteiger partial charge in [-0.25, -0.2) is 0 Å². The first-order valence-electron chi connectivity index (χ1n) is 12.3. The van der Waals surface area contributed by atoms with Crippen LogP contribution in [0.1, 0.15) is 77.0 Å². The number of hydrogen-bond donors (Lipinski definition) is 1. The van der Waals surface area contributed by atoms with Crippen LogP contribution in [0, 0.1) is 11.3 Å². The first-order valence-corrected chi connectivity index (χ1v) is 12.3. The van der Waals surface area contributed by atoms with Crippen molar-refractivity contribution < 1.29 is 5.11 Å². The number of fused-ring (bicyclic) bond motifs is 2. The van der Waals surface area contributed by atoms with Gasteiger partial charge in [0.25, 0.3) is 0 Å². The minimum atomic E-state index is -0.647. The van der Waals surface area contributed by atoms with Crippen molar-refractivity contribution in [2.45, 2.75) is 94.7 Å². The lowest BCUT2D eigenvalue weighted by Gasteiger charge is -2.56. The molecule has 5 rings (SSSR count). The molecule has 156 valence electrons. The molecule has 4 heterocycles. The zero-order chi connectivity index (χ0) is 19.0. The van der Waals surface area contributed by atoms with E-state index in [-0.39, 0.29) is 5.41 Å². The van der Waals surface area contributed by atoms with Crippen molar-refractivity contribution in [1.82, 2.24) is 9.80 Å². The lowest BCUT2D eigenvalue weighted by atomic mass is 9.57. The molecule has 4 aliphatic heterocycles. The third kappa shape index (κ3) is 3.32. The van der Waals surface area contributed by atoms with Gasteiger partial charge in [0.2, 0.25) is 0 Å². The van der Waals surface area contributed by atoms with Gasteiger partial charge in [-0.2, -0.15) is 0 Å². The lowest BCUT2D eigenvalue weighted by molar-refractivity contribution is -0.0942. The fraction of sp³-hybridized carbons (Fsp3) is 0.840. The molecule has 3 fully saturated rings. The van der Waals surface area contributed by atoms with Crippen molar-refractivity contribution in [2.75, 3.05) is 26.2 Å². The Balaban J connectivity index is 1.55. The zero-order valence-corrected chi connectivity index (χ0v) is 17.7. The minimum absolute atomic E-state index is 0.272. The molecule has 0 aromatic carbocycles. The van der Waals surface area contributed by atoms with Crippen molar-refractivity contribution in [3.05, 3.63) is 24.3 Å². The number of rotatable bonds is 0. The summed E-state index contributed by atoms with van der Waals surface area (Å²) in [6.45, 7) is 4.93. The molecule has 6 atom stereocenters. The van der Waals surface area contributed by atoms with E-state index in [1.54, 1.807) is 0 Å². The molecule has 0 amide bonds. The highest BCUT2D eigenvalue weighted by molar-refractivity contribution is 5.27. The Bertz CT molecular complexity index is 616. The Morgan fingerprint density at radius 1 is 0.857 bits per heavy atom. The van der Waals surface area contributed by atoms with Gasteiger partial charge in [0, 0.05) is 24.0 Å². The summed E-state index contributed by atoms with van der Waals surface area (Å²) in [5.41, 5.74) is -0.375. The second-order valence-electron chi connectivity index (χ2n) is 10.5. The van der Waals surface area contributed by atoms with Crippen LogP contribution in [-0.4, -0.2) is 58.8 Å². The number of nitrogens with zero attached hydrogens (tertiary/aromatic N) is 2. The maximum absolute atomic E-state index is 12.1. The van der Waals surface area contributed by atoms with Crippen LogP contribution >= 0.6 is 0 Å². The Morgan fingerprint density at radius 2 is 1.71 bits per heavy atom. The Labute approximate surface area is 171 Å². The summed E-state index contributed by atoms with van der Waals surface area (Å²) in [7, 11) is 0. The van der Waals surface area contributed by atoms with Gasteiger partial charge in [0.05, 0.1) is 5.60 Å². The van der Waals surface area contributed by atoms with Crippen LogP contribution in [0.4, 0.5) is 0 Å². The van der Waals surface area contributed by atoms with E-state index in [1.807, 2.05) is 0 Å². The van der Waals surface area contributed by atoms with Crippen LogP contribution in [0.3, 0.4) is 0 Å². The maximum atomic E-state index is 12.1. The molecule has 3 heteroatoms. The number of allylic oxidation sites excluding steroid dienone is 3. The molecular weight excluding hydrogens is 344 g/mol. The topological polar surface area (TPSA) is 26.7 Å². The van der Waals surface area contributed by atoms with E-state index in [1.165, 1.54) is 90.4 Å². The Kier molecular flexibility index (Phi) is 5.45. The smallest absolute Gasteiger partial charge is 0.0991 e. The van der Waals surface area contributed by atoms with Gasteiger partial charge in [0.15, 0.2) is 0 Å². The van der Waals surface area contributed by atoms with E-state index in [4.69, 9.17) is 0 Å². The van der Waals surface area contributed by atoms with Gasteiger partial charge in [-0.1, -0.05) is 43.6 Å². The average molecular weight is 385 g/mol. The van der Waals surface area contributed by atoms with Gasteiger partial charge >= 0.3 is 0 Å². The van der Waals surface area contributed by atoms with Crippen molar-refractivity contribution in [3.63, 3.8) is 0 Å². The monoisotopic (exact) mass is 384 g/mol. The van der Waals surface area contributed by atoms with Crippen molar-refractivity contribution >= 4 is 0 Å². The Hall–Kier alpha value is -0.640. The van der Waals surface area contributed by atoms with E-state index in [9.17, 15) is 5.11 Å². The summed E-state index contributed by atoms with van der Waals surface area (Å²) in [5.74, 6) is 0.669. The second-order valence-corrected chi connectivity index (χ2v) is 10.5. The third-order valence-electron chi connectivity index (χ3n) is 8.74. The van der Waals surface area contributed by atoms with E-state index < -0.39 is 5.60 Å². The second kappa shape index (κ2) is 7.89. The first kappa shape index (κ1) is 19.3. The molecular formula is C25H40N2O. The van der Waals surface area contributed by atoms with Crippen LogP contribution in [0.25, 0.3) is 0 Å². The van der Waals surface area contributed by atoms with Crippen LogP contribution in [0.2, 0.25) is 0 Å². The van der Waals surface area contributed by atoms with Gasteiger partial charge in [-0.3, -0.25) is 4.90 Å². The summed E-state index contributed by atoms with van der Waals surface area (Å²) < 4.78 is 0. The molecule has 1 aliphatic carbocycles. The summed E-state index contributed by atoms with van der Waals surface area (Å²) in [5, 5.41) is 12.1. The summed E-state index contributed by atoms with van der Waals surface area (Å²) in [6.07, 6.45) is 24.6. The van der Waals surface area contributed by atoms with E-state index in [2.05, 4.69) is 34.1 Å². The molecule has 0 radical (unpaired) electrons. The molecule has 0 saturated carbocycles. The van der Waals surface area contributed by atoms with Gasteiger partial charge < -0.3 is 10.0 Å². The predicted molar refractivity (Wildman–Crippen MR) is 115 cm³/mol. The first-order chi connectivity index (χ1) is 13.7. The average Bonchev–Trinajstić information content (AvgIpc) is 2.96. The molecule has 0 aromatic rings. The molecule has 1 N–H and O–H groups in total. The van der Waals surface area contributed by atoms with Crippen LogP contribution in [0.15, 0.2) is 24.3 Å². The molecule has 3 nitrogen and oxygen atoms in total. The Morgan fingerprint density at radius 3 is 2.68 bits per heavy atom. The molecule has 3 saturated heterocycles. The quantitative estimate of drug-likeness (QED) is 0.622. The molecule has 1 unspecified atom stereocenters. The van der Waals surface area contributed by atoms with Crippen molar-refractivity contribution in [2.24, 2.45) is 11.3 Å². The zero-order valence-electron chi connectivity index (χ0n) is 17.7. The van der Waals surface area contributed by atoms with Crippen molar-refractivity contribution in [3.8, 4) is 0 Å². The van der Waals surface area contributed by atoms with Crippen molar-refractivity contribution in [1.29, 1.82) is 0 Å². The number of piperidine rings is 1. The largest absolute Gasteiger partial charge is 0.384 e. The summed E-state index contributed by atoms with van der Waals surface area (Å²) in [6, 6.07) is 1.03. The predicted octanol–water partition coefficient (Wildman–Crippen LogP) is 4.52. The molecule has 5 aliphatic rings. The highest BCUT2D eigenvalue weighted by Gasteiger charge is 2.63. The third-order valence-corrected chi connectivity index (χ3v) is 8.74. The molecule has 1 spiro atoms. The highest BCUT2D eigenvalue weighted by Crippen LogP contribution is 2.58. The molecule has 3 bridgehead atoms. The normalized spacial score (nSPS) is 48.3. The van der Waals surface area contributed by atoms with E-state index >= 15 is 0 Å². The molecule has 28 heavy (non-hydrogen) atoms. The number of hydrogen-bond acceptors (Lipinski definition) is 3. The standard InChI is InChI=1S/C25H40N2O/c28-25-14-8-4-1-2-5-9-16-26-18-13-21(12-15-25)24(20-26)19-22-11-7-3-6-10-17-27(22)23(24)25/h1,4,12,15,21-23,28H,2-3,5-11,13-14,16-20H2/b4-1-/t21-,22+,23-,24+,25+/m1/s1. The van der Waals surface area contributed by atoms with Gasteiger partial charge in [0.1, 0.15) is 0 Å². The fourth-order valence-electron chi connectivity index (χ4n) is 7.55. The van der Waals surface area contributed by atoms with Crippen LogP contribution < -0.4 is 0 Å².